The molecule has 3 aromatic rings. The highest BCUT2D eigenvalue weighted by molar-refractivity contribution is 7.18. The van der Waals surface area contributed by atoms with Crippen molar-refractivity contribution in [3.8, 4) is 0 Å². The van der Waals surface area contributed by atoms with Crippen LogP contribution in [0.4, 0.5) is 5.69 Å². The van der Waals surface area contributed by atoms with Crippen LogP contribution in [0.15, 0.2) is 23.0 Å². The molecule has 1 aliphatic rings. The molecule has 140 valence electrons. The molecule has 0 saturated carbocycles. The van der Waals surface area contributed by atoms with Crippen molar-refractivity contribution < 1.29 is 4.79 Å². The van der Waals surface area contributed by atoms with Gasteiger partial charge < -0.3 is 5.32 Å². The van der Waals surface area contributed by atoms with Crippen molar-refractivity contribution in [2.24, 2.45) is 5.92 Å². The highest BCUT2D eigenvalue weighted by Gasteiger charge is 2.24. The van der Waals surface area contributed by atoms with Gasteiger partial charge in [-0.2, -0.15) is 0 Å². The van der Waals surface area contributed by atoms with Crippen LogP contribution in [0.1, 0.15) is 29.3 Å². The quantitative estimate of drug-likeness (QED) is 0.726. The Morgan fingerprint density at radius 2 is 2.26 bits per heavy atom. The molecule has 0 radical (unpaired) electrons. The summed E-state index contributed by atoms with van der Waals surface area (Å²) in [6, 6.07) is 5.27. The van der Waals surface area contributed by atoms with Crippen LogP contribution in [0.25, 0.3) is 10.2 Å². The molecule has 1 N–H and O–H groups in total. The van der Waals surface area contributed by atoms with Crippen molar-refractivity contribution in [1.29, 1.82) is 0 Å². The summed E-state index contributed by atoms with van der Waals surface area (Å²) in [6.07, 6.45) is 2.92. The zero-order valence-corrected chi connectivity index (χ0v) is 16.7. The molecule has 0 spiro atoms. The van der Waals surface area contributed by atoms with Crippen molar-refractivity contribution in [3.63, 3.8) is 0 Å². The van der Waals surface area contributed by atoms with Gasteiger partial charge in [-0.1, -0.05) is 29.8 Å². The second-order valence-corrected chi connectivity index (χ2v) is 8.61. The van der Waals surface area contributed by atoms with Crippen molar-refractivity contribution in [1.82, 2.24) is 15.0 Å². The summed E-state index contributed by atoms with van der Waals surface area (Å²) in [6.45, 7) is 3.91. The van der Waals surface area contributed by atoms with E-state index in [-0.39, 0.29) is 18.0 Å². The molecule has 1 aliphatic carbocycles. The smallest absolute Gasteiger partial charge is 0.279 e. The molecule has 6 nitrogen and oxygen atoms in total. The van der Waals surface area contributed by atoms with E-state index >= 15 is 0 Å². The van der Waals surface area contributed by atoms with E-state index in [2.05, 4.69) is 22.6 Å². The summed E-state index contributed by atoms with van der Waals surface area (Å²) >= 11 is 7.54. The number of carbonyl (C=O) groups is 1. The van der Waals surface area contributed by atoms with Gasteiger partial charge in [0.2, 0.25) is 5.91 Å². The summed E-state index contributed by atoms with van der Waals surface area (Å²) in [5, 5.41) is 12.1. The third-order valence-electron chi connectivity index (χ3n) is 4.95. The lowest BCUT2D eigenvalue weighted by atomic mass is 9.89. The number of rotatable bonds is 3. The van der Waals surface area contributed by atoms with Gasteiger partial charge in [0.05, 0.1) is 5.39 Å². The van der Waals surface area contributed by atoms with Crippen LogP contribution in [0.2, 0.25) is 5.02 Å². The predicted molar refractivity (Wildman–Crippen MR) is 108 cm³/mol. The normalized spacial score (nSPS) is 16.3. The number of halogens is 1. The van der Waals surface area contributed by atoms with Gasteiger partial charge in [-0.15, -0.1) is 16.4 Å². The Bertz CT molecular complexity index is 1110. The van der Waals surface area contributed by atoms with E-state index in [1.54, 1.807) is 23.5 Å². The Labute approximate surface area is 165 Å². The number of carbonyl (C=O) groups excluding carboxylic acids is 1. The highest BCUT2D eigenvalue weighted by atomic mass is 35.5. The fourth-order valence-corrected chi connectivity index (χ4v) is 4.94. The van der Waals surface area contributed by atoms with Crippen LogP contribution in [0.5, 0.6) is 0 Å². The first-order chi connectivity index (χ1) is 12.9. The minimum Gasteiger partial charge on any atom is -0.324 e. The maximum atomic E-state index is 12.9. The van der Waals surface area contributed by atoms with Crippen molar-refractivity contribution in [2.45, 2.75) is 39.7 Å². The summed E-state index contributed by atoms with van der Waals surface area (Å²) in [5.41, 5.74) is 2.36. The monoisotopic (exact) mass is 402 g/mol. The molecule has 4 rings (SSSR count). The molecule has 1 amide bonds. The van der Waals surface area contributed by atoms with Crippen LogP contribution in [-0.4, -0.2) is 20.9 Å². The molecule has 27 heavy (non-hydrogen) atoms. The summed E-state index contributed by atoms with van der Waals surface area (Å²) in [5.74, 6) is 0.279. The van der Waals surface area contributed by atoms with E-state index in [0.29, 0.717) is 26.8 Å². The van der Waals surface area contributed by atoms with Gasteiger partial charge in [-0.3, -0.25) is 9.59 Å². The molecule has 2 heterocycles. The number of thiophene rings is 1. The number of hydrogen-bond donors (Lipinski definition) is 1. The Kier molecular flexibility index (Phi) is 4.74. The molecule has 8 heteroatoms. The van der Waals surface area contributed by atoms with E-state index in [4.69, 9.17) is 11.6 Å². The number of aromatic nitrogens is 3. The van der Waals surface area contributed by atoms with E-state index < -0.39 is 0 Å². The van der Waals surface area contributed by atoms with E-state index in [1.165, 1.54) is 4.88 Å². The molecular weight excluding hydrogens is 384 g/mol. The molecule has 0 fully saturated rings. The number of anilines is 1. The van der Waals surface area contributed by atoms with Crippen LogP contribution in [-0.2, 0) is 24.2 Å². The van der Waals surface area contributed by atoms with Crippen molar-refractivity contribution >= 4 is 44.7 Å². The maximum Gasteiger partial charge on any atom is 0.279 e. The molecule has 0 saturated heterocycles. The summed E-state index contributed by atoms with van der Waals surface area (Å²) in [4.78, 5) is 27.2. The number of aryl methyl sites for hydroxylation is 2. The molecule has 1 atom stereocenters. The second-order valence-electron chi connectivity index (χ2n) is 7.09. The van der Waals surface area contributed by atoms with Crippen LogP contribution in [0.3, 0.4) is 0 Å². The zero-order chi connectivity index (χ0) is 19.1. The van der Waals surface area contributed by atoms with E-state index in [1.807, 2.05) is 13.0 Å². The fourth-order valence-electron chi connectivity index (χ4n) is 3.45. The third-order valence-corrected chi connectivity index (χ3v) is 6.33. The number of benzene rings is 1. The first kappa shape index (κ1) is 18.1. The minimum atomic E-state index is -0.339. The second kappa shape index (κ2) is 7.05. The Morgan fingerprint density at radius 1 is 1.44 bits per heavy atom. The summed E-state index contributed by atoms with van der Waals surface area (Å²) in [7, 11) is 0. The Hall–Kier alpha value is -2.25. The SMILES string of the molecule is Cc1ccc(Cl)cc1NC(=O)Cn1nnc2sc3c(c2c1=O)CC[C@@H](C)C3. The number of fused-ring (bicyclic) bond motifs is 3. The van der Waals surface area contributed by atoms with Crippen LogP contribution < -0.4 is 10.9 Å². The molecule has 1 aromatic carbocycles. The van der Waals surface area contributed by atoms with Gasteiger partial charge in [0.15, 0.2) is 4.83 Å². The lowest BCUT2D eigenvalue weighted by Gasteiger charge is -2.17. The topological polar surface area (TPSA) is 76.9 Å². The van der Waals surface area contributed by atoms with Crippen LogP contribution in [0, 0.1) is 12.8 Å². The Balaban J connectivity index is 1.62. The third kappa shape index (κ3) is 3.49. The zero-order valence-electron chi connectivity index (χ0n) is 15.1. The number of nitrogens with zero attached hydrogens (tertiary/aromatic N) is 3. The average molecular weight is 403 g/mol. The van der Waals surface area contributed by atoms with Gasteiger partial charge in [0.1, 0.15) is 6.54 Å². The van der Waals surface area contributed by atoms with Crippen molar-refractivity contribution in [2.75, 3.05) is 5.32 Å². The average Bonchev–Trinajstić information content (AvgIpc) is 2.98. The lowest BCUT2D eigenvalue weighted by Crippen LogP contribution is -2.30. The molecule has 0 aliphatic heterocycles. The van der Waals surface area contributed by atoms with Gasteiger partial charge in [-0.25, -0.2) is 4.68 Å². The van der Waals surface area contributed by atoms with E-state index in [0.717, 1.165) is 35.1 Å². The van der Waals surface area contributed by atoms with Crippen molar-refractivity contribution in [3.05, 3.63) is 49.6 Å². The van der Waals surface area contributed by atoms with Gasteiger partial charge in [0.25, 0.3) is 5.56 Å². The number of nitrogens with one attached hydrogen (secondary N) is 1. The largest absolute Gasteiger partial charge is 0.324 e. The van der Waals surface area contributed by atoms with E-state index in [9.17, 15) is 9.59 Å². The lowest BCUT2D eigenvalue weighted by molar-refractivity contribution is -0.117. The summed E-state index contributed by atoms with van der Waals surface area (Å²) < 4.78 is 1.14. The number of amides is 1. The molecule has 2 aromatic heterocycles. The van der Waals surface area contributed by atoms with Gasteiger partial charge >= 0.3 is 0 Å². The number of hydrogen-bond acceptors (Lipinski definition) is 5. The van der Waals surface area contributed by atoms with Gasteiger partial charge in [-0.05, 0) is 55.4 Å². The standard InChI is InChI=1S/C19H19ClN4O2S/c1-10-3-6-13-15(7-10)27-18-17(13)19(26)24(23-22-18)9-16(25)21-14-8-12(20)5-4-11(14)2/h4-5,8,10H,3,6-7,9H2,1-2H3,(H,21,25)/t10-/m1/s1. The predicted octanol–water partition coefficient (Wildman–Crippen LogP) is 3.58. The minimum absolute atomic E-state index is 0.186. The molecule has 0 unspecified atom stereocenters. The van der Waals surface area contributed by atoms with Crippen LogP contribution >= 0.6 is 22.9 Å². The first-order valence-electron chi connectivity index (χ1n) is 8.86. The molecular formula is C19H19ClN4O2S. The van der Waals surface area contributed by atoms with Gasteiger partial charge in [0, 0.05) is 15.6 Å². The first-order valence-corrected chi connectivity index (χ1v) is 10.1. The highest BCUT2D eigenvalue weighted by Crippen LogP contribution is 2.35. The maximum absolute atomic E-state index is 12.9. The Morgan fingerprint density at radius 3 is 3.07 bits per heavy atom. The fraction of sp³-hybridized carbons (Fsp3) is 0.368. The molecule has 0 bridgehead atoms.